The largest absolute Gasteiger partial charge is 0.392 e. The summed E-state index contributed by atoms with van der Waals surface area (Å²) in [6.45, 7) is 9.49. The van der Waals surface area contributed by atoms with Gasteiger partial charge in [0.15, 0.2) is 0 Å². The summed E-state index contributed by atoms with van der Waals surface area (Å²) >= 11 is 1.93. The molecule has 0 saturated heterocycles. The first-order chi connectivity index (χ1) is 9.54. The Morgan fingerprint density at radius 2 is 1.95 bits per heavy atom. The zero-order valence-electron chi connectivity index (χ0n) is 13.0. The third-order valence-electron chi connectivity index (χ3n) is 4.31. The lowest BCUT2D eigenvalue weighted by atomic mass is 9.80. The van der Waals surface area contributed by atoms with E-state index in [0.29, 0.717) is 17.2 Å². The minimum atomic E-state index is -0.255. The molecule has 2 nitrogen and oxygen atoms in total. The summed E-state index contributed by atoms with van der Waals surface area (Å²) in [6.07, 6.45) is 0.922. The number of aliphatic hydroxyl groups excluding tert-OH is 1. The van der Waals surface area contributed by atoms with Crippen LogP contribution in [-0.4, -0.2) is 28.3 Å². The van der Waals surface area contributed by atoms with Crippen LogP contribution in [0.3, 0.4) is 0 Å². The fourth-order valence-corrected chi connectivity index (χ4v) is 4.62. The van der Waals surface area contributed by atoms with Crippen molar-refractivity contribution in [3.63, 3.8) is 0 Å². The van der Waals surface area contributed by atoms with Gasteiger partial charge in [-0.3, -0.25) is 0 Å². The minimum absolute atomic E-state index is 0.255. The van der Waals surface area contributed by atoms with E-state index in [-0.39, 0.29) is 11.4 Å². The van der Waals surface area contributed by atoms with E-state index in [1.165, 1.54) is 17.5 Å². The van der Waals surface area contributed by atoms with Crippen LogP contribution in [0.4, 0.5) is 0 Å². The van der Waals surface area contributed by atoms with Crippen LogP contribution in [0.2, 0.25) is 0 Å². The quantitative estimate of drug-likeness (QED) is 0.868. The summed E-state index contributed by atoms with van der Waals surface area (Å²) in [5.41, 5.74) is 2.93. The normalized spacial score (nSPS) is 28.8. The van der Waals surface area contributed by atoms with E-state index in [9.17, 15) is 5.11 Å². The van der Waals surface area contributed by atoms with Crippen molar-refractivity contribution in [2.75, 3.05) is 6.54 Å². The van der Waals surface area contributed by atoms with E-state index in [0.717, 1.165) is 6.54 Å². The molecule has 0 amide bonds. The van der Waals surface area contributed by atoms with Gasteiger partial charge in [0.25, 0.3) is 0 Å². The number of thioether (sulfide) groups is 1. The second kappa shape index (κ2) is 6.97. The van der Waals surface area contributed by atoms with Crippen LogP contribution in [0.1, 0.15) is 57.2 Å². The van der Waals surface area contributed by atoms with Gasteiger partial charge in [-0.15, -0.1) is 0 Å². The van der Waals surface area contributed by atoms with Crippen LogP contribution < -0.4 is 5.32 Å². The Morgan fingerprint density at radius 1 is 1.30 bits per heavy atom. The molecule has 2 N–H and O–H groups in total. The van der Waals surface area contributed by atoms with Crippen molar-refractivity contribution in [3.05, 3.63) is 35.4 Å². The van der Waals surface area contributed by atoms with Crippen molar-refractivity contribution in [1.82, 2.24) is 5.32 Å². The molecule has 112 valence electrons. The van der Waals surface area contributed by atoms with E-state index in [4.69, 9.17) is 0 Å². The first-order valence-electron chi connectivity index (χ1n) is 7.70. The smallest absolute Gasteiger partial charge is 0.0628 e. The average molecular weight is 293 g/mol. The molecule has 0 bridgehead atoms. The lowest BCUT2D eigenvalue weighted by Crippen LogP contribution is -2.37. The highest BCUT2D eigenvalue weighted by Gasteiger charge is 2.34. The molecule has 0 aliphatic heterocycles. The van der Waals surface area contributed by atoms with E-state index >= 15 is 0 Å². The number of nitrogens with one attached hydrogen (secondary N) is 1. The highest BCUT2D eigenvalue weighted by Crippen LogP contribution is 2.44. The summed E-state index contributed by atoms with van der Waals surface area (Å²) < 4.78 is 0. The highest BCUT2D eigenvalue weighted by atomic mass is 32.2. The molecule has 0 radical (unpaired) electrons. The van der Waals surface area contributed by atoms with Crippen LogP contribution in [0.15, 0.2) is 24.3 Å². The van der Waals surface area contributed by atoms with Gasteiger partial charge in [0, 0.05) is 16.5 Å². The topological polar surface area (TPSA) is 32.3 Å². The molecule has 0 saturated carbocycles. The lowest BCUT2D eigenvalue weighted by Gasteiger charge is -2.38. The highest BCUT2D eigenvalue weighted by molar-refractivity contribution is 8.00. The standard InChI is InChI=1S/C17H27NOS/c1-5-18-17-15-9-7-6-8-14(15)11(2)10-16(17)20-13(4)12(3)19/h6-9,11-13,16-19H,5,10H2,1-4H3. The fraction of sp³-hybridized carbons (Fsp3) is 0.647. The molecule has 1 aliphatic carbocycles. The van der Waals surface area contributed by atoms with Gasteiger partial charge in [0.1, 0.15) is 0 Å². The Morgan fingerprint density at radius 3 is 2.55 bits per heavy atom. The summed E-state index contributed by atoms with van der Waals surface area (Å²) in [5.74, 6) is 0.597. The maximum Gasteiger partial charge on any atom is 0.0628 e. The molecule has 5 unspecified atom stereocenters. The Bertz CT molecular complexity index is 435. The molecule has 5 atom stereocenters. The summed E-state index contributed by atoms with van der Waals surface area (Å²) in [7, 11) is 0. The van der Waals surface area contributed by atoms with Gasteiger partial charge >= 0.3 is 0 Å². The number of fused-ring (bicyclic) bond motifs is 1. The maximum atomic E-state index is 9.79. The molecule has 1 aromatic carbocycles. The average Bonchev–Trinajstić information content (AvgIpc) is 2.43. The third kappa shape index (κ3) is 3.38. The van der Waals surface area contributed by atoms with Crippen LogP contribution in [-0.2, 0) is 0 Å². The number of aliphatic hydroxyl groups is 1. The van der Waals surface area contributed by atoms with E-state index in [1.54, 1.807) is 0 Å². The summed E-state index contributed by atoms with van der Waals surface area (Å²) in [5, 5.41) is 14.2. The van der Waals surface area contributed by atoms with Crippen LogP contribution in [0, 0.1) is 0 Å². The molecular formula is C17H27NOS. The second-order valence-corrected chi connectivity index (χ2v) is 7.54. The Labute approximate surface area is 127 Å². The number of benzene rings is 1. The van der Waals surface area contributed by atoms with Gasteiger partial charge in [0.05, 0.1) is 6.10 Å². The maximum absolute atomic E-state index is 9.79. The molecule has 2 rings (SSSR count). The molecule has 0 spiro atoms. The minimum Gasteiger partial charge on any atom is -0.392 e. The van der Waals surface area contributed by atoms with Crippen molar-refractivity contribution in [2.24, 2.45) is 0 Å². The SMILES string of the molecule is CCNC1c2ccccc2C(C)CC1SC(C)C(C)O. The van der Waals surface area contributed by atoms with Crippen molar-refractivity contribution < 1.29 is 5.11 Å². The summed E-state index contributed by atoms with van der Waals surface area (Å²) in [6, 6.07) is 9.21. The molecule has 1 aliphatic rings. The number of hydrogen-bond acceptors (Lipinski definition) is 3. The number of hydrogen-bond donors (Lipinski definition) is 2. The van der Waals surface area contributed by atoms with Crippen molar-refractivity contribution in [1.29, 1.82) is 0 Å². The molecule has 3 heteroatoms. The van der Waals surface area contributed by atoms with Crippen molar-refractivity contribution >= 4 is 11.8 Å². The monoisotopic (exact) mass is 293 g/mol. The van der Waals surface area contributed by atoms with E-state index in [1.807, 2.05) is 18.7 Å². The Balaban J connectivity index is 2.25. The molecule has 0 fully saturated rings. The van der Waals surface area contributed by atoms with Crippen LogP contribution in [0.5, 0.6) is 0 Å². The number of rotatable bonds is 5. The van der Waals surface area contributed by atoms with Gasteiger partial charge in [-0.1, -0.05) is 45.0 Å². The zero-order valence-corrected chi connectivity index (χ0v) is 13.8. The predicted octanol–water partition coefficient (Wildman–Crippen LogP) is 3.72. The molecular weight excluding hydrogens is 266 g/mol. The third-order valence-corrected chi connectivity index (χ3v) is 5.95. The first kappa shape index (κ1) is 15.9. The molecule has 1 aromatic rings. The van der Waals surface area contributed by atoms with Gasteiger partial charge in [-0.2, -0.15) is 11.8 Å². The van der Waals surface area contributed by atoms with Gasteiger partial charge < -0.3 is 10.4 Å². The fourth-order valence-electron chi connectivity index (χ4n) is 3.04. The molecule has 0 heterocycles. The van der Waals surface area contributed by atoms with Crippen molar-refractivity contribution in [2.45, 2.75) is 62.7 Å². The van der Waals surface area contributed by atoms with Crippen molar-refractivity contribution in [3.8, 4) is 0 Å². The van der Waals surface area contributed by atoms with Gasteiger partial charge in [-0.25, -0.2) is 0 Å². The predicted molar refractivity (Wildman–Crippen MR) is 88.4 cm³/mol. The summed E-state index contributed by atoms with van der Waals surface area (Å²) in [4.78, 5) is 0. The second-order valence-electron chi connectivity index (χ2n) is 5.92. The van der Waals surface area contributed by atoms with E-state index in [2.05, 4.69) is 50.4 Å². The van der Waals surface area contributed by atoms with Crippen LogP contribution >= 0.6 is 11.8 Å². The van der Waals surface area contributed by atoms with Gasteiger partial charge in [-0.05, 0) is 36.9 Å². The molecule has 0 aromatic heterocycles. The van der Waals surface area contributed by atoms with Crippen LogP contribution in [0.25, 0.3) is 0 Å². The first-order valence-corrected chi connectivity index (χ1v) is 8.64. The zero-order chi connectivity index (χ0) is 14.7. The van der Waals surface area contributed by atoms with Gasteiger partial charge in [0.2, 0.25) is 0 Å². The lowest BCUT2D eigenvalue weighted by molar-refractivity contribution is 0.196. The Hall–Kier alpha value is -0.510. The van der Waals surface area contributed by atoms with E-state index < -0.39 is 0 Å². The Kier molecular flexibility index (Phi) is 5.53. The molecule has 20 heavy (non-hydrogen) atoms.